The minimum Gasteiger partial charge on any atom is -0.462 e. The van der Waals surface area contributed by atoms with Crippen molar-refractivity contribution in [1.82, 2.24) is 24.7 Å². The Labute approximate surface area is 241 Å². The van der Waals surface area contributed by atoms with Crippen molar-refractivity contribution in [3.05, 3.63) is 78.0 Å². The lowest BCUT2D eigenvalue weighted by Crippen LogP contribution is -2.18. The number of anilines is 3. The fraction of sp³-hybridized carbons (Fsp3) is 0.258. The van der Waals surface area contributed by atoms with Gasteiger partial charge in [0.2, 0.25) is 0 Å². The first-order valence-corrected chi connectivity index (χ1v) is 13.9. The van der Waals surface area contributed by atoms with E-state index in [9.17, 15) is 9.18 Å². The lowest BCUT2D eigenvalue weighted by atomic mass is 9.96. The largest absolute Gasteiger partial charge is 0.462 e. The van der Waals surface area contributed by atoms with E-state index in [1.165, 1.54) is 18.3 Å². The van der Waals surface area contributed by atoms with Gasteiger partial charge in [0.05, 0.1) is 41.0 Å². The summed E-state index contributed by atoms with van der Waals surface area (Å²) in [6.07, 6.45) is 7.65. The summed E-state index contributed by atoms with van der Waals surface area (Å²) in [5.41, 5.74) is 10.9. The smallest absolute Gasteiger partial charge is 0.340 e. The van der Waals surface area contributed by atoms with Crippen LogP contribution < -0.4 is 11.1 Å². The van der Waals surface area contributed by atoms with Crippen LogP contribution in [0.5, 0.6) is 0 Å². The van der Waals surface area contributed by atoms with E-state index in [1.807, 2.05) is 23.7 Å². The SMILES string of the molecule is CCOC(=O)c1cc(-c2cccnc2Nc2ncccc2F)nc(-c2c(C)ccc3c2cnn3C2CCCCO2)c1N. The molecule has 1 atom stereocenters. The predicted octanol–water partition coefficient (Wildman–Crippen LogP) is 6.20. The normalized spacial score (nSPS) is 15.1. The number of aryl methyl sites for hydroxylation is 1. The zero-order chi connectivity index (χ0) is 29.2. The van der Waals surface area contributed by atoms with Crippen LogP contribution in [-0.4, -0.2) is 43.9 Å². The van der Waals surface area contributed by atoms with E-state index in [2.05, 4.69) is 20.4 Å². The monoisotopic (exact) mass is 567 g/mol. The van der Waals surface area contributed by atoms with Crippen LogP contribution in [0.15, 0.2) is 61.1 Å². The van der Waals surface area contributed by atoms with Crippen LogP contribution in [0.2, 0.25) is 0 Å². The molecule has 0 radical (unpaired) electrons. The van der Waals surface area contributed by atoms with Gasteiger partial charge in [0.25, 0.3) is 0 Å². The first-order valence-electron chi connectivity index (χ1n) is 13.9. The topological polar surface area (TPSA) is 130 Å². The molecule has 5 heterocycles. The second-order valence-electron chi connectivity index (χ2n) is 10.00. The van der Waals surface area contributed by atoms with E-state index in [4.69, 9.17) is 20.2 Å². The molecule has 1 fully saturated rings. The van der Waals surface area contributed by atoms with E-state index in [1.54, 1.807) is 37.5 Å². The highest BCUT2D eigenvalue weighted by molar-refractivity contribution is 6.05. The third-order valence-electron chi connectivity index (χ3n) is 7.29. The molecule has 4 aromatic heterocycles. The van der Waals surface area contributed by atoms with Crippen molar-refractivity contribution in [2.45, 2.75) is 39.3 Å². The summed E-state index contributed by atoms with van der Waals surface area (Å²) in [7, 11) is 0. The molecule has 3 N–H and O–H groups in total. The summed E-state index contributed by atoms with van der Waals surface area (Å²) in [6, 6.07) is 11.9. The van der Waals surface area contributed by atoms with Gasteiger partial charge in [0.15, 0.2) is 17.9 Å². The summed E-state index contributed by atoms with van der Waals surface area (Å²) >= 11 is 0. The van der Waals surface area contributed by atoms with Gasteiger partial charge in [-0.1, -0.05) is 6.07 Å². The molecule has 1 aromatic carbocycles. The van der Waals surface area contributed by atoms with E-state index in [0.717, 1.165) is 41.3 Å². The number of hydrogen-bond acceptors (Lipinski definition) is 9. The highest BCUT2D eigenvalue weighted by Crippen LogP contribution is 2.40. The van der Waals surface area contributed by atoms with E-state index in [-0.39, 0.29) is 29.9 Å². The van der Waals surface area contributed by atoms with Gasteiger partial charge in [-0.2, -0.15) is 5.10 Å². The minimum atomic E-state index is -0.579. The van der Waals surface area contributed by atoms with Crippen LogP contribution in [0.25, 0.3) is 33.4 Å². The van der Waals surface area contributed by atoms with E-state index in [0.29, 0.717) is 29.4 Å². The van der Waals surface area contributed by atoms with Crippen molar-refractivity contribution in [1.29, 1.82) is 0 Å². The predicted molar refractivity (Wildman–Crippen MR) is 158 cm³/mol. The van der Waals surface area contributed by atoms with Gasteiger partial charge in [-0.05, 0) is 75.1 Å². The Hall–Kier alpha value is -4.90. The Morgan fingerprint density at radius 3 is 2.74 bits per heavy atom. The van der Waals surface area contributed by atoms with Crippen LogP contribution in [0, 0.1) is 12.7 Å². The summed E-state index contributed by atoms with van der Waals surface area (Å²) in [4.78, 5) is 26.6. The Balaban J connectivity index is 1.54. The average Bonchev–Trinajstić information content (AvgIpc) is 3.44. The molecule has 1 unspecified atom stereocenters. The Morgan fingerprint density at radius 1 is 1.17 bits per heavy atom. The maximum Gasteiger partial charge on any atom is 0.340 e. The van der Waals surface area contributed by atoms with Gasteiger partial charge in [-0.25, -0.2) is 28.8 Å². The highest BCUT2D eigenvalue weighted by Gasteiger charge is 2.25. The van der Waals surface area contributed by atoms with Gasteiger partial charge < -0.3 is 20.5 Å². The number of pyridine rings is 3. The number of nitrogens with one attached hydrogen (secondary N) is 1. The van der Waals surface area contributed by atoms with Gasteiger partial charge in [0.1, 0.15) is 5.82 Å². The minimum absolute atomic E-state index is 0.0108. The molecule has 5 aromatic rings. The Kier molecular flexibility index (Phi) is 7.49. The molecule has 11 heteroatoms. The lowest BCUT2D eigenvalue weighted by molar-refractivity contribution is -0.0366. The number of esters is 1. The molecule has 0 saturated carbocycles. The zero-order valence-electron chi connectivity index (χ0n) is 23.3. The van der Waals surface area contributed by atoms with Crippen molar-refractivity contribution in [3.8, 4) is 22.5 Å². The standard InChI is InChI=1S/C31H30FN7O3/c1-3-41-31(40)20-16-23(19-8-6-13-34-29(19)38-30-22(32)9-7-14-35-30)37-28(27(20)33)26-18(2)11-12-24-21(26)17-36-39(24)25-10-4-5-15-42-25/h6-9,11-14,16-17,25H,3-5,10,15,33H2,1-2H3,(H,34,35,38). The maximum absolute atomic E-state index is 14.5. The van der Waals surface area contributed by atoms with E-state index < -0.39 is 11.8 Å². The van der Waals surface area contributed by atoms with Gasteiger partial charge >= 0.3 is 5.97 Å². The van der Waals surface area contributed by atoms with Crippen LogP contribution >= 0.6 is 0 Å². The molecule has 1 aliphatic heterocycles. The number of carbonyl (C=O) groups is 1. The summed E-state index contributed by atoms with van der Waals surface area (Å²) in [6.45, 7) is 4.55. The second kappa shape index (κ2) is 11.5. The Bertz CT molecular complexity index is 1780. The van der Waals surface area contributed by atoms with Crippen molar-refractivity contribution in [2.75, 3.05) is 24.3 Å². The summed E-state index contributed by atoms with van der Waals surface area (Å²) in [5, 5.41) is 8.47. The number of carbonyl (C=O) groups excluding carboxylic acids is 1. The molecule has 0 aliphatic carbocycles. The van der Waals surface area contributed by atoms with Crippen LogP contribution in [0.3, 0.4) is 0 Å². The molecule has 214 valence electrons. The molecule has 0 bridgehead atoms. The number of hydrogen-bond donors (Lipinski definition) is 2. The molecular formula is C31H30FN7O3. The molecular weight excluding hydrogens is 537 g/mol. The number of benzene rings is 1. The average molecular weight is 568 g/mol. The molecule has 0 spiro atoms. The molecule has 1 saturated heterocycles. The molecule has 10 nitrogen and oxygen atoms in total. The number of nitrogens with two attached hydrogens (primary N) is 1. The van der Waals surface area contributed by atoms with Crippen LogP contribution in [-0.2, 0) is 9.47 Å². The quantitative estimate of drug-likeness (QED) is 0.221. The van der Waals surface area contributed by atoms with Crippen LogP contribution in [0.1, 0.15) is 48.3 Å². The number of rotatable bonds is 7. The summed E-state index contributed by atoms with van der Waals surface area (Å²) < 4.78 is 27.7. The molecule has 0 amide bonds. The summed E-state index contributed by atoms with van der Waals surface area (Å²) in [5.74, 6) is -0.791. The van der Waals surface area contributed by atoms with Gasteiger partial charge in [-0.15, -0.1) is 0 Å². The maximum atomic E-state index is 14.5. The van der Waals surface area contributed by atoms with Gasteiger partial charge in [0, 0.05) is 35.5 Å². The second-order valence-corrected chi connectivity index (χ2v) is 10.00. The highest BCUT2D eigenvalue weighted by atomic mass is 19.1. The molecule has 1 aliphatic rings. The molecule has 6 rings (SSSR count). The third-order valence-corrected chi connectivity index (χ3v) is 7.29. The number of ether oxygens (including phenoxy) is 2. The zero-order valence-corrected chi connectivity index (χ0v) is 23.3. The number of halogens is 1. The fourth-order valence-electron chi connectivity index (χ4n) is 5.25. The number of nitrogens with zero attached hydrogens (tertiary/aromatic N) is 5. The van der Waals surface area contributed by atoms with Crippen LogP contribution in [0.4, 0.5) is 21.7 Å². The fourth-order valence-corrected chi connectivity index (χ4v) is 5.25. The van der Waals surface area contributed by atoms with Crippen molar-refractivity contribution < 1.29 is 18.7 Å². The van der Waals surface area contributed by atoms with Crippen molar-refractivity contribution in [2.24, 2.45) is 0 Å². The van der Waals surface area contributed by atoms with E-state index >= 15 is 0 Å². The third kappa shape index (κ3) is 5.03. The van der Waals surface area contributed by atoms with Crippen molar-refractivity contribution >= 4 is 34.2 Å². The number of aromatic nitrogens is 5. The molecule has 42 heavy (non-hydrogen) atoms. The number of fused-ring (bicyclic) bond motifs is 1. The Morgan fingerprint density at radius 2 is 1.98 bits per heavy atom. The lowest BCUT2D eigenvalue weighted by Gasteiger charge is -2.23. The van der Waals surface area contributed by atoms with Crippen molar-refractivity contribution in [3.63, 3.8) is 0 Å². The first kappa shape index (κ1) is 27.3. The van der Waals surface area contributed by atoms with Gasteiger partial charge in [-0.3, -0.25) is 0 Å². The first-order chi connectivity index (χ1) is 20.5. The number of nitrogen functional groups attached to an aromatic ring is 1.